The monoisotopic (exact) mass is 513 g/mol. The van der Waals surface area contributed by atoms with E-state index in [0.717, 1.165) is 4.31 Å². The number of hydrogen-bond donors (Lipinski definition) is 2. The van der Waals surface area contributed by atoms with Gasteiger partial charge in [0.05, 0.1) is 37.6 Å². The van der Waals surface area contributed by atoms with Gasteiger partial charge in [0, 0.05) is 18.7 Å². The molecule has 3 rings (SSSR count). The maximum Gasteiger partial charge on any atom is 0.264 e. The van der Waals surface area contributed by atoms with Crippen LogP contribution in [-0.4, -0.2) is 48.1 Å². The smallest absolute Gasteiger partial charge is 0.264 e. The van der Waals surface area contributed by atoms with Gasteiger partial charge in [0.2, 0.25) is 11.8 Å². The second kappa shape index (κ2) is 11.5. The molecule has 190 valence electrons. The molecule has 0 heterocycles. The molecule has 0 aromatic heterocycles. The van der Waals surface area contributed by atoms with Gasteiger partial charge in [-0.2, -0.15) is 0 Å². The van der Waals surface area contributed by atoms with Crippen molar-refractivity contribution in [1.29, 1.82) is 0 Å². The van der Waals surface area contributed by atoms with Crippen LogP contribution in [0.3, 0.4) is 0 Å². The SMILES string of the molecule is COc1ccc(N(CC(=O)Nc2cc(OC)ccc2OC)S(=O)(=O)c2ccc(NC(C)=O)cc2)cc1. The average Bonchev–Trinajstić information content (AvgIpc) is 2.87. The molecule has 0 aliphatic rings. The van der Waals surface area contributed by atoms with E-state index in [1.165, 1.54) is 52.5 Å². The van der Waals surface area contributed by atoms with Gasteiger partial charge in [-0.3, -0.25) is 13.9 Å². The van der Waals surface area contributed by atoms with Gasteiger partial charge in [0.15, 0.2) is 0 Å². The van der Waals surface area contributed by atoms with Crippen LogP contribution in [0.15, 0.2) is 71.6 Å². The Bertz CT molecular complexity index is 1320. The van der Waals surface area contributed by atoms with Gasteiger partial charge in [-0.05, 0) is 60.7 Å². The number of carbonyl (C=O) groups excluding carboxylic acids is 2. The average molecular weight is 514 g/mol. The zero-order valence-corrected chi connectivity index (χ0v) is 21.1. The number of methoxy groups -OCH3 is 3. The standard InChI is InChI=1S/C25H27N3O7S/c1-17(29)26-18-5-12-22(13-6-18)36(31,32)28(19-7-9-20(33-2)10-8-19)16-25(30)27-23-15-21(34-3)11-14-24(23)35-4/h5-15H,16H2,1-4H3,(H,26,29)(H,27,30). The van der Waals surface area contributed by atoms with Crippen LogP contribution >= 0.6 is 0 Å². The molecule has 0 unspecified atom stereocenters. The Morgan fingerprint density at radius 2 is 1.42 bits per heavy atom. The van der Waals surface area contributed by atoms with E-state index in [2.05, 4.69) is 10.6 Å². The van der Waals surface area contributed by atoms with Crippen molar-refractivity contribution in [2.24, 2.45) is 0 Å². The van der Waals surface area contributed by atoms with E-state index in [0.29, 0.717) is 28.6 Å². The fourth-order valence-electron chi connectivity index (χ4n) is 3.34. The number of benzene rings is 3. The fraction of sp³-hybridized carbons (Fsp3) is 0.200. The Morgan fingerprint density at radius 3 is 1.97 bits per heavy atom. The lowest BCUT2D eigenvalue weighted by molar-refractivity contribution is -0.115. The van der Waals surface area contributed by atoms with E-state index in [-0.39, 0.29) is 16.5 Å². The van der Waals surface area contributed by atoms with E-state index >= 15 is 0 Å². The Balaban J connectivity index is 1.95. The zero-order valence-electron chi connectivity index (χ0n) is 20.3. The zero-order chi connectivity index (χ0) is 26.3. The third-order valence-electron chi connectivity index (χ3n) is 5.09. The molecule has 2 amide bonds. The maximum atomic E-state index is 13.6. The number of rotatable bonds is 10. The van der Waals surface area contributed by atoms with E-state index < -0.39 is 22.5 Å². The molecular formula is C25H27N3O7S. The van der Waals surface area contributed by atoms with Crippen molar-refractivity contribution in [3.8, 4) is 17.2 Å². The van der Waals surface area contributed by atoms with Crippen LogP contribution in [0.2, 0.25) is 0 Å². The van der Waals surface area contributed by atoms with Crippen LogP contribution in [0, 0.1) is 0 Å². The normalized spacial score (nSPS) is 10.8. The summed E-state index contributed by atoms with van der Waals surface area (Å²) in [5.74, 6) is 0.522. The molecule has 0 fully saturated rings. The maximum absolute atomic E-state index is 13.6. The van der Waals surface area contributed by atoms with Crippen LogP contribution in [-0.2, 0) is 19.6 Å². The topological polar surface area (TPSA) is 123 Å². The molecule has 0 spiro atoms. The van der Waals surface area contributed by atoms with Crippen molar-refractivity contribution in [2.75, 3.05) is 42.8 Å². The number of sulfonamides is 1. The van der Waals surface area contributed by atoms with Gasteiger partial charge in [-0.1, -0.05) is 0 Å². The summed E-state index contributed by atoms with van der Waals surface area (Å²) in [6.45, 7) is 0.828. The predicted molar refractivity (Wildman–Crippen MR) is 136 cm³/mol. The molecule has 10 nitrogen and oxygen atoms in total. The molecule has 3 aromatic rings. The minimum absolute atomic E-state index is 0.0563. The molecule has 11 heteroatoms. The highest BCUT2D eigenvalue weighted by Crippen LogP contribution is 2.30. The molecule has 0 aliphatic heterocycles. The molecule has 0 bridgehead atoms. The van der Waals surface area contributed by atoms with Gasteiger partial charge in [0.25, 0.3) is 10.0 Å². The van der Waals surface area contributed by atoms with Crippen molar-refractivity contribution in [3.05, 3.63) is 66.7 Å². The van der Waals surface area contributed by atoms with Crippen molar-refractivity contribution in [3.63, 3.8) is 0 Å². The quantitative estimate of drug-likeness (QED) is 0.425. The highest BCUT2D eigenvalue weighted by Gasteiger charge is 2.28. The molecule has 0 radical (unpaired) electrons. The predicted octanol–water partition coefficient (Wildman–Crippen LogP) is 3.50. The van der Waals surface area contributed by atoms with Crippen LogP contribution in [0.5, 0.6) is 17.2 Å². The molecule has 3 aromatic carbocycles. The first-order valence-electron chi connectivity index (χ1n) is 10.7. The minimum atomic E-state index is -4.17. The Labute approximate surface area is 209 Å². The van der Waals surface area contributed by atoms with E-state index in [1.54, 1.807) is 42.5 Å². The second-order valence-corrected chi connectivity index (χ2v) is 9.39. The van der Waals surface area contributed by atoms with Gasteiger partial charge < -0.3 is 24.8 Å². The summed E-state index contributed by atoms with van der Waals surface area (Å²) >= 11 is 0. The molecule has 0 saturated heterocycles. The van der Waals surface area contributed by atoms with Crippen LogP contribution in [0.4, 0.5) is 17.1 Å². The molecule has 0 saturated carbocycles. The van der Waals surface area contributed by atoms with Gasteiger partial charge in [-0.15, -0.1) is 0 Å². The lowest BCUT2D eigenvalue weighted by Gasteiger charge is -2.24. The fourth-order valence-corrected chi connectivity index (χ4v) is 4.76. The van der Waals surface area contributed by atoms with Crippen LogP contribution in [0.25, 0.3) is 0 Å². The summed E-state index contributed by atoms with van der Waals surface area (Å²) in [5.41, 5.74) is 1.03. The van der Waals surface area contributed by atoms with E-state index in [4.69, 9.17) is 14.2 Å². The van der Waals surface area contributed by atoms with Crippen molar-refractivity contribution in [1.82, 2.24) is 0 Å². The highest BCUT2D eigenvalue weighted by atomic mass is 32.2. The summed E-state index contributed by atoms with van der Waals surface area (Å²) in [7, 11) is 0.267. The number of amides is 2. The minimum Gasteiger partial charge on any atom is -0.497 e. The number of hydrogen-bond acceptors (Lipinski definition) is 7. The molecule has 2 N–H and O–H groups in total. The first kappa shape index (κ1) is 26.4. The van der Waals surface area contributed by atoms with Gasteiger partial charge >= 0.3 is 0 Å². The summed E-state index contributed by atoms with van der Waals surface area (Å²) in [6, 6.07) is 16.8. The first-order chi connectivity index (χ1) is 17.2. The molecule has 0 aliphatic carbocycles. The second-order valence-electron chi connectivity index (χ2n) is 7.53. The lowest BCUT2D eigenvalue weighted by atomic mass is 10.2. The number of anilines is 3. The summed E-state index contributed by atoms with van der Waals surface area (Å²) < 4.78 is 43.9. The van der Waals surface area contributed by atoms with Crippen molar-refractivity contribution in [2.45, 2.75) is 11.8 Å². The van der Waals surface area contributed by atoms with Crippen molar-refractivity contribution >= 4 is 38.9 Å². The largest absolute Gasteiger partial charge is 0.497 e. The van der Waals surface area contributed by atoms with Gasteiger partial charge in [0.1, 0.15) is 23.8 Å². The Morgan fingerprint density at radius 1 is 0.806 bits per heavy atom. The van der Waals surface area contributed by atoms with E-state index in [1.807, 2.05) is 0 Å². The Kier molecular flexibility index (Phi) is 8.38. The number of carbonyl (C=O) groups is 2. The van der Waals surface area contributed by atoms with Crippen LogP contribution in [0.1, 0.15) is 6.92 Å². The third-order valence-corrected chi connectivity index (χ3v) is 6.88. The summed E-state index contributed by atoms with van der Waals surface area (Å²) in [6.07, 6.45) is 0. The van der Waals surface area contributed by atoms with E-state index in [9.17, 15) is 18.0 Å². The third kappa shape index (κ3) is 6.25. The lowest BCUT2D eigenvalue weighted by Crippen LogP contribution is -2.38. The highest BCUT2D eigenvalue weighted by molar-refractivity contribution is 7.92. The number of nitrogens with one attached hydrogen (secondary N) is 2. The summed E-state index contributed by atoms with van der Waals surface area (Å²) in [4.78, 5) is 24.3. The van der Waals surface area contributed by atoms with Crippen molar-refractivity contribution < 1.29 is 32.2 Å². The van der Waals surface area contributed by atoms with Gasteiger partial charge in [-0.25, -0.2) is 8.42 Å². The number of ether oxygens (including phenoxy) is 3. The van der Waals surface area contributed by atoms with Crippen LogP contribution < -0.4 is 29.1 Å². The molecule has 0 atom stereocenters. The number of nitrogens with zero attached hydrogens (tertiary/aromatic N) is 1. The first-order valence-corrected chi connectivity index (χ1v) is 12.2. The molecular weight excluding hydrogens is 486 g/mol. The molecule has 36 heavy (non-hydrogen) atoms. The Hall–Kier alpha value is -4.25. The summed E-state index contributed by atoms with van der Waals surface area (Å²) in [5, 5.41) is 5.28.